The molecule has 5 rings (SSSR count). The summed E-state index contributed by atoms with van der Waals surface area (Å²) in [6.45, 7) is 0.454. The molecule has 2 atom stereocenters. The van der Waals surface area contributed by atoms with E-state index in [0.29, 0.717) is 24.6 Å². The topological polar surface area (TPSA) is 90.4 Å². The minimum absolute atomic E-state index is 0.0345. The van der Waals surface area contributed by atoms with E-state index in [1.165, 1.54) is 6.33 Å². The Kier molecular flexibility index (Phi) is 6.92. The van der Waals surface area contributed by atoms with Gasteiger partial charge in [0.1, 0.15) is 29.3 Å². The van der Waals surface area contributed by atoms with E-state index in [9.17, 15) is 0 Å². The van der Waals surface area contributed by atoms with Crippen LogP contribution in [0.4, 0.5) is 0 Å². The number of benzene rings is 2. The second kappa shape index (κ2) is 10.6. The SMILES string of the molecule is COc1ccc(-c2c(-c3ccccc3)oc3ncnc(O[C@H]4CCC[C@@H](OCCC#N)C4)c23)cc1. The molecular formula is C28H27N3O4. The zero-order valence-corrected chi connectivity index (χ0v) is 19.6. The van der Waals surface area contributed by atoms with Crippen molar-refractivity contribution in [2.24, 2.45) is 0 Å². The van der Waals surface area contributed by atoms with Crippen molar-refractivity contribution in [1.29, 1.82) is 5.26 Å². The van der Waals surface area contributed by atoms with Crippen molar-refractivity contribution in [3.63, 3.8) is 0 Å². The molecule has 1 aliphatic rings. The average Bonchev–Trinajstić information content (AvgIpc) is 3.30. The molecule has 1 saturated carbocycles. The molecule has 0 N–H and O–H groups in total. The van der Waals surface area contributed by atoms with E-state index >= 15 is 0 Å². The first kappa shape index (κ1) is 22.9. The van der Waals surface area contributed by atoms with Crippen LogP contribution in [-0.4, -0.2) is 35.9 Å². The molecule has 0 spiro atoms. The molecule has 2 aromatic carbocycles. The van der Waals surface area contributed by atoms with Crippen LogP contribution in [0.3, 0.4) is 0 Å². The monoisotopic (exact) mass is 469 g/mol. The van der Waals surface area contributed by atoms with Crippen LogP contribution in [0.25, 0.3) is 33.6 Å². The highest BCUT2D eigenvalue weighted by Gasteiger charge is 2.28. The molecule has 7 heteroatoms. The lowest BCUT2D eigenvalue weighted by molar-refractivity contribution is -0.00566. The van der Waals surface area contributed by atoms with Gasteiger partial charge in [-0.25, -0.2) is 9.97 Å². The molecule has 35 heavy (non-hydrogen) atoms. The first-order valence-corrected chi connectivity index (χ1v) is 11.9. The minimum atomic E-state index is -0.0345. The second-order valence-electron chi connectivity index (χ2n) is 8.57. The van der Waals surface area contributed by atoms with Crippen molar-refractivity contribution in [3.8, 4) is 40.1 Å². The number of hydrogen-bond acceptors (Lipinski definition) is 7. The number of aromatic nitrogens is 2. The highest BCUT2D eigenvalue weighted by molar-refractivity contribution is 6.03. The van der Waals surface area contributed by atoms with Crippen LogP contribution in [0.5, 0.6) is 11.6 Å². The molecule has 0 bridgehead atoms. The van der Waals surface area contributed by atoms with Gasteiger partial charge in [0.2, 0.25) is 11.6 Å². The van der Waals surface area contributed by atoms with Gasteiger partial charge in [-0.3, -0.25) is 0 Å². The molecule has 178 valence electrons. The van der Waals surface area contributed by atoms with Crippen LogP contribution in [0.15, 0.2) is 65.3 Å². The highest BCUT2D eigenvalue weighted by atomic mass is 16.5. The maximum Gasteiger partial charge on any atom is 0.234 e. The second-order valence-corrected chi connectivity index (χ2v) is 8.57. The fourth-order valence-corrected chi connectivity index (χ4v) is 4.61. The molecule has 0 saturated heterocycles. The van der Waals surface area contributed by atoms with Gasteiger partial charge in [-0.05, 0) is 37.0 Å². The van der Waals surface area contributed by atoms with E-state index in [4.69, 9.17) is 23.9 Å². The van der Waals surface area contributed by atoms with Gasteiger partial charge in [0.25, 0.3) is 0 Å². The molecule has 0 unspecified atom stereocenters. The van der Waals surface area contributed by atoms with Gasteiger partial charge >= 0.3 is 0 Å². The quantitative estimate of drug-likeness (QED) is 0.284. The number of ether oxygens (including phenoxy) is 3. The maximum absolute atomic E-state index is 8.79. The van der Waals surface area contributed by atoms with Gasteiger partial charge in [-0.1, -0.05) is 42.5 Å². The van der Waals surface area contributed by atoms with Crippen molar-refractivity contribution >= 4 is 11.1 Å². The molecule has 1 fully saturated rings. The van der Waals surface area contributed by atoms with E-state index in [1.807, 2.05) is 54.6 Å². The van der Waals surface area contributed by atoms with E-state index < -0.39 is 0 Å². The van der Waals surface area contributed by atoms with Gasteiger partial charge in [0, 0.05) is 17.5 Å². The Hall–Kier alpha value is -3.89. The fraction of sp³-hybridized carbons (Fsp3) is 0.321. The maximum atomic E-state index is 8.79. The van der Waals surface area contributed by atoms with Crippen LogP contribution in [0, 0.1) is 11.3 Å². The number of methoxy groups -OCH3 is 1. The molecular weight excluding hydrogens is 442 g/mol. The number of nitriles is 1. The van der Waals surface area contributed by atoms with E-state index in [1.54, 1.807) is 7.11 Å². The van der Waals surface area contributed by atoms with Gasteiger partial charge < -0.3 is 18.6 Å². The highest BCUT2D eigenvalue weighted by Crippen LogP contribution is 2.44. The Balaban J connectivity index is 1.54. The Morgan fingerprint density at radius 2 is 1.80 bits per heavy atom. The summed E-state index contributed by atoms with van der Waals surface area (Å²) >= 11 is 0. The summed E-state index contributed by atoms with van der Waals surface area (Å²) in [5.74, 6) is 2.01. The lowest BCUT2D eigenvalue weighted by Gasteiger charge is -2.29. The van der Waals surface area contributed by atoms with Crippen molar-refractivity contribution in [1.82, 2.24) is 9.97 Å². The van der Waals surface area contributed by atoms with Crippen LogP contribution >= 0.6 is 0 Å². The van der Waals surface area contributed by atoms with E-state index in [0.717, 1.165) is 59.3 Å². The Bertz CT molecular complexity index is 1310. The van der Waals surface area contributed by atoms with Gasteiger partial charge in [0.15, 0.2) is 0 Å². The average molecular weight is 470 g/mol. The summed E-state index contributed by atoms with van der Waals surface area (Å²) in [7, 11) is 1.65. The van der Waals surface area contributed by atoms with Crippen molar-refractivity contribution in [2.45, 2.75) is 44.3 Å². The lowest BCUT2D eigenvalue weighted by atomic mass is 9.94. The normalized spacial score (nSPS) is 17.7. The van der Waals surface area contributed by atoms with Crippen LogP contribution in [0.1, 0.15) is 32.1 Å². The molecule has 1 aliphatic carbocycles. The smallest absolute Gasteiger partial charge is 0.234 e. The fourth-order valence-electron chi connectivity index (χ4n) is 4.61. The summed E-state index contributed by atoms with van der Waals surface area (Å²) in [4.78, 5) is 8.95. The summed E-state index contributed by atoms with van der Waals surface area (Å²) in [5.41, 5.74) is 3.29. The molecule has 2 aromatic heterocycles. The first-order chi connectivity index (χ1) is 17.3. The predicted octanol–water partition coefficient (Wildman–Crippen LogP) is 6.19. The van der Waals surface area contributed by atoms with Crippen molar-refractivity contribution in [3.05, 3.63) is 60.9 Å². The number of nitrogens with zero attached hydrogens (tertiary/aromatic N) is 3. The van der Waals surface area contributed by atoms with E-state index in [-0.39, 0.29) is 12.2 Å². The van der Waals surface area contributed by atoms with Crippen LogP contribution < -0.4 is 9.47 Å². The van der Waals surface area contributed by atoms with Crippen molar-refractivity contribution in [2.75, 3.05) is 13.7 Å². The standard InChI is InChI=1S/C28H27N3O4/c1-32-21-13-11-19(12-14-21)24-25-27(34-23-10-5-9-22(17-23)33-16-6-15-29)30-18-31-28(25)35-26(24)20-7-3-2-4-8-20/h2-4,7-8,11-14,18,22-23H,5-6,9-10,16-17H2,1H3/t22-,23+/m1/s1. The van der Waals surface area contributed by atoms with E-state index in [2.05, 4.69) is 16.0 Å². The first-order valence-electron chi connectivity index (χ1n) is 11.9. The molecule has 0 radical (unpaired) electrons. The predicted molar refractivity (Wildman–Crippen MR) is 132 cm³/mol. The number of hydrogen-bond donors (Lipinski definition) is 0. The minimum Gasteiger partial charge on any atom is -0.497 e. The summed E-state index contributed by atoms with van der Waals surface area (Å²) in [6.07, 6.45) is 5.60. The third-order valence-electron chi connectivity index (χ3n) is 6.29. The largest absolute Gasteiger partial charge is 0.497 e. The Morgan fingerprint density at radius 1 is 1.00 bits per heavy atom. The van der Waals surface area contributed by atoms with Crippen LogP contribution in [0.2, 0.25) is 0 Å². The third-order valence-corrected chi connectivity index (χ3v) is 6.29. The van der Waals surface area contributed by atoms with Gasteiger partial charge in [-0.2, -0.15) is 5.26 Å². The number of furan rings is 1. The lowest BCUT2D eigenvalue weighted by Crippen LogP contribution is -2.30. The van der Waals surface area contributed by atoms with Crippen LogP contribution in [-0.2, 0) is 4.74 Å². The molecule has 4 aromatic rings. The molecule has 7 nitrogen and oxygen atoms in total. The summed E-state index contributed by atoms with van der Waals surface area (Å²) < 4.78 is 24.0. The molecule has 0 amide bonds. The third kappa shape index (κ3) is 4.98. The molecule has 2 heterocycles. The number of fused-ring (bicyclic) bond motifs is 1. The Morgan fingerprint density at radius 3 is 2.57 bits per heavy atom. The molecule has 0 aliphatic heterocycles. The zero-order valence-electron chi connectivity index (χ0n) is 19.6. The summed E-state index contributed by atoms with van der Waals surface area (Å²) in [5, 5.41) is 9.55. The Labute approximate surface area is 204 Å². The number of rotatable bonds is 8. The van der Waals surface area contributed by atoms with Gasteiger partial charge in [-0.15, -0.1) is 0 Å². The van der Waals surface area contributed by atoms with Gasteiger partial charge in [0.05, 0.1) is 32.3 Å². The summed E-state index contributed by atoms with van der Waals surface area (Å²) in [6, 6.07) is 20.0. The van der Waals surface area contributed by atoms with Crippen molar-refractivity contribution < 1.29 is 18.6 Å². The zero-order chi connectivity index (χ0) is 24.0.